The first kappa shape index (κ1) is 12.9. The number of anilines is 2. The molecule has 1 aromatic carbocycles. The number of hydrogen-bond donors (Lipinski definition) is 2. The van der Waals surface area contributed by atoms with Crippen molar-refractivity contribution in [3.05, 3.63) is 42.3 Å². The Labute approximate surface area is 117 Å². The van der Waals surface area contributed by atoms with Crippen molar-refractivity contribution in [1.82, 2.24) is 10.3 Å². The molecule has 1 aromatic heterocycles. The van der Waals surface area contributed by atoms with Crippen LogP contribution in [0.2, 0.25) is 0 Å². The normalized spacial score (nSPS) is 15.3. The second kappa shape index (κ2) is 5.46. The van der Waals surface area contributed by atoms with E-state index >= 15 is 0 Å². The van der Waals surface area contributed by atoms with Crippen LogP contribution in [-0.2, 0) is 0 Å². The van der Waals surface area contributed by atoms with Gasteiger partial charge in [-0.1, -0.05) is 12.1 Å². The van der Waals surface area contributed by atoms with Crippen molar-refractivity contribution in [3.63, 3.8) is 0 Å². The van der Waals surface area contributed by atoms with E-state index in [2.05, 4.69) is 15.2 Å². The molecule has 2 heterocycles. The van der Waals surface area contributed by atoms with E-state index < -0.39 is 0 Å². The smallest absolute Gasteiger partial charge is 0.133 e. The molecule has 0 spiro atoms. The maximum absolute atomic E-state index is 13.1. The van der Waals surface area contributed by atoms with Gasteiger partial charge >= 0.3 is 0 Å². The average molecular weight is 272 g/mol. The Bertz CT molecular complexity index is 591. The van der Waals surface area contributed by atoms with Crippen LogP contribution in [0.4, 0.5) is 15.9 Å². The van der Waals surface area contributed by atoms with E-state index in [9.17, 15) is 4.39 Å². The molecule has 20 heavy (non-hydrogen) atoms. The fourth-order valence-electron chi connectivity index (χ4n) is 2.55. The van der Waals surface area contributed by atoms with Crippen LogP contribution in [0.15, 0.2) is 36.5 Å². The summed E-state index contributed by atoms with van der Waals surface area (Å²) in [5.41, 5.74) is 8.89. The van der Waals surface area contributed by atoms with Gasteiger partial charge in [0.05, 0.1) is 0 Å². The Balaban J connectivity index is 2.06. The molecule has 104 valence electrons. The number of pyridine rings is 1. The van der Waals surface area contributed by atoms with E-state index in [0.717, 1.165) is 43.0 Å². The summed E-state index contributed by atoms with van der Waals surface area (Å²) in [6.45, 7) is 3.76. The second-order valence-electron chi connectivity index (χ2n) is 4.83. The SMILES string of the molecule is Nc1nccc(N2CCNCC2)c1-c1ccc(F)cc1. The molecule has 5 heteroatoms. The van der Waals surface area contributed by atoms with Gasteiger partial charge in [-0.25, -0.2) is 9.37 Å². The summed E-state index contributed by atoms with van der Waals surface area (Å²) in [4.78, 5) is 6.46. The van der Waals surface area contributed by atoms with Gasteiger partial charge in [0.2, 0.25) is 0 Å². The maximum atomic E-state index is 13.1. The van der Waals surface area contributed by atoms with Crippen molar-refractivity contribution < 1.29 is 4.39 Å². The molecule has 0 amide bonds. The standard InChI is InChI=1S/C15H17FN4/c16-12-3-1-11(2-4-12)14-13(5-6-19-15(14)17)20-9-7-18-8-10-20/h1-6,18H,7-10H2,(H2,17,19). The molecule has 0 aliphatic carbocycles. The molecule has 1 aliphatic rings. The van der Waals surface area contributed by atoms with Crippen molar-refractivity contribution in [2.24, 2.45) is 0 Å². The molecular formula is C15H17FN4. The van der Waals surface area contributed by atoms with E-state index in [1.54, 1.807) is 18.3 Å². The van der Waals surface area contributed by atoms with Gasteiger partial charge in [0.25, 0.3) is 0 Å². The molecule has 1 aliphatic heterocycles. The molecule has 3 rings (SSSR count). The molecule has 3 N–H and O–H groups in total. The minimum Gasteiger partial charge on any atom is -0.383 e. The van der Waals surface area contributed by atoms with Crippen LogP contribution in [0.1, 0.15) is 0 Å². The van der Waals surface area contributed by atoms with E-state index in [-0.39, 0.29) is 5.82 Å². The third kappa shape index (κ3) is 2.44. The van der Waals surface area contributed by atoms with Gasteiger partial charge in [0.15, 0.2) is 0 Å². The third-order valence-electron chi connectivity index (χ3n) is 3.55. The summed E-state index contributed by atoms with van der Waals surface area (Å²) < 4.78 is 13.1. The molecule has 0 atom stereocenters. The fourth-order valence-corrected chi connectivity index (χ4v) is 2.55. The van der Waals surface area contributed by atoms with Crippen molar-refractivity contribution >= 4 is 11.5 Å². The number of rotatable bonds is 2. The van der Waals surface area contributed by atoms with E-state index in [0.29, 0.717) is 5.82 Å². The predicted octanol–water partition coefficient (Wildman–Crippen LogP) is 1.88. The average Bonchev–Trinajstić information content (AvgIpc) is 2.49. The van der Waals surface area contributed by atoms with Gasteiger partial charge in [0, 0.05) is 43.6 Å². The zero-order valence-electron chi connectivity index (χ0n) is 11.1. The van der Waals surface area contributed by atoms with Gasteiger partial charge in [-0.2, -0.15) is 0 Å². The zero-order valence-corrected chi connectivity index (χ0v) is 11.1. The minimum absolute atomic E-state index is 0.250. The number of aromatic nitrogens is 1. The number of hydrogen-bond acceptors (Lipinski definition) is 4. The Morgan fingerprint density at radius 3 is 2.50 bits per heavy atom. The van der Waals surface area contributed by atoms with Gasteiger partial charge < -0.3 is 16.0 Å². The Hall–Kier alpha value is -2.14. The molecule has 0 radical (unpaired) electrons. The quantitative estimate of drug-likeness (QED) is 0.876. The van der Waals surface area contributed by atoms with Crippen molar-refractivity contribution in [2.45, 2.75) is 0 Å². The lowest BCUT2D eigenvalue weighted by molar-refractivity contribution is 0.589. The van der Waals surface area contributed by atoms with E-state index in [1.807, 2.05) is 6.07 Å². The van der Waals surface area contributed by atoms with Crippen molar-refractivity contribution in [1.29, 1.82) is 0 Å². The highest BCUT2D eigenvalue weighted by Crippen LogP contribution is 2.34. The summed E-state index contributed by atoms with van der Waals surface area (Å²) in [5.74, 6) is 0.229. The number of nitrogens with one attached hydrogen (secondary N) is 1. The van der Waals surface area contributed by atoms with Crippen LogP contribution in [0.25, 0.3) is 11.1 Å². The summed E-state index contributed by atoms with van der Waals surface area (Å²) in [7, 11) is 0. The molecule has 4 nitrogen and oxygen atoms in total. The van der Waals surface area contributed by atoms with Gasteiger partial charge in [-0.15, -0.1) is 0 Å². The fraction of sp³-hybridized carbons (Fsp3) is 0.267. The van der Waals surface area contributed by atoms with Crippen LogP contribution in [-0.4, -0.2) is 31.2 Å². The maximum Gasteiger partial charge on any atom is 0.133 e. The summed E-state index contributed by atoms with van der Waals surface area (Å²) in [5, 5.41) is 3.33. The molecule has 1 saturated heterocycles. The number of nitrogens with zero attached hydrogens (tertiary/aromatic N) is 2. The number of nitrogens with two attached hydrogens (primary N) is 1. The Morgan fingerprint density at radius 2 is 1.80 bits per heavy atom. The highest BCUT2D eigenvalue weighted by molar-refractivity contribution is 5.86. The zero-order chi connectivity index (χ0) is 13.9. The monoisotopic (exact) mass is 272 g/mol. The van der Waals surface area contributed by atoms with Crippen molar-refractivity contribution in [2.75, 3.05) is 36.8 Å². The third-order valence-corrected chi connectivity index (χ3v) is 3.55. The lowest BCUT2D eigenvalue weighted by atomic mass is 10.0. The summed E-state index contributed by atoms with van der Waals surface area (Å²) >= 11 is 0. The first-order valence-corrected chi connectivity index (χ1v) is 6.72. The number of benzene rings is 1. The lowest BCUT2D eigenvalue weighted by Crippen LogP contribution is -2.43. The molecule has 0 unspecified atom stereocenters. The first-order chi connectivity index (χ1) is 9.75. The Kier molecular flexibility index (Phi) is 3.52. The van der Waals surface area contributed by atoms with E-state index in [4.69, 9.17) is 5.73 Å². The molecule has 0 bridgehead atoms. The Morgan fingerprint density at radius 1 is 1.10 bits per heavy atom. The van der Waals surface area contributed by atoms with Gasteiger partial charge in [-0.3, -0.25) is 0 Å². The molecule has 0 saturated carbocycles. The lowest BCUT2D eigenvalue weighted by Gasteiger charge is -2.31. The van der Waals surface area contributed by atoms with Crippen LogP contribution in [0, 0.1) is 5.82 Å². The van der Waals surface area contributed by atoms with Crippen LogP contribution in [0.5, 0.6) is 0 Å². The van der Waals surface area contributed by atoms with E-state index in [1.165, 1.54) is 12.1 Å². The topological polar surface area (TPSA) is 54.2 Å². The van der Waals surface area contributed by atoms with Crippen LogP contribution in [0.3, 0.4) is 0 Å². The summed E-state index contributed by atoms with van der Waals surface area (Å²) in [6.07, 6.45) is 1.72. The summed E-state index contributed by atoms with van der Waals surface area (Å²) in [6, 6.07) is 8.36. The van der Waals surface area contributed by atoms with Gasteiger partial charge in [-0.05, 0) is 23.8 Å². The highest BCUT2D eigenvalue weighted by atomic mass is 19.1. The van der Waals surface area contributed by atoms with Crippen molar-refractivity contribution in [3.8, 4) is 11.1 Å². The molecular weight excluding hydrogens is 255 g/mol. The van der Waals surface area contributed by atoms with Gasteiger partial charge in [0.1, 0.15) is 11.6 Å². The van der Waals surface area contributed by atoms with Crippen LogP contribution >= 0.6 is 0 Å². The number of piperazine rings is 1. The predicted molar refractivity (Wildman–Crippen MR) is 79.1 cm³/mol. The minimum atomic E-state index is -0.250. The largest absolute Gasteiger partial charge is 0.383 e. The molecule has 2 aromatic rings. The number of nitrogen functional groups attached to an aromatic ring is 1. The highest BCUT2D eigenvalue weighted by Gasteiger charge is 2.17. The second-order valence-corrected chi connectivity index (χ2v) is 4.83. The number of halogens is 1. The molecule has 1 fully saturated rings. The van der Waals surface area contributed by atoms with Crippen LogP contribution < -0.4 is 16.0 Å². The first-order valence-electron chi connectivity index (χ1n) is 6.72.